The molecule has 0 fully saturated rings. The summed E-state index contributed by atoms with van der Waals surface area (Å²) in [6.45, 7) is 6.31. The largest absolute Gasteiger partial charge is 0.466 e. The molecule has 0 aromatic carbocycles. The minimum absolute atomic E-state index is 0.177. The lowest BCUT2D eigenvalue weighted by Gasteiger charge is -2.06. The highest BCUT2D eigenvalue weighted by molar-refractivity contribution is 5.65. The number of esters is 1. The SMILES string of the molecule is CC[C@@H](C)CCOC(C)=O. The fourth-order valence-corrected chi connectivity index (χ4v) is 0.608. The van der Waals surface area contributed by atoms with Crippen LogP contribution in [-0.4, -0.2) is 12.6 Å². The molecule has 0 saturated heterocycles. The smallest absolute Gasteiger partial charge is 0.302 e. The van der Waals surface area contributed by atoms with E-state index in [2.05, 4.69) is 13.8 Å². The van der Waals surface area contributed by atoms with Gasteiger partial charge < -0.3 is 4.74 Å². The number of rotatable bonds is 4. The van der Waals surface area contributed by atoms with E-state index in [1.807, 2.05) is 0 Å². The van der Waals surface area contributed by atoms with Gasteiger partial charge in [0.1, 0.15) is 0 Å². The zero-order valence-corrected chi connectivity index (χ0v) is 7.02. The van der Waals surface area contributed by atoms with Crippen LogP contribution in [0, 0.1) is 5.92 Å². The highest BCUT2D eigenvalue weighted by Gasteiger charge is 1.98. The molecular weight excluding hydrogens is 128 g/mol. The highest BCUT2D eigenvalue weighted by Crippen LogP contribution is 2.05. The van der Waals surface area contributed by atoms with Crippen LogP contribution in [0.5, 0.6) is 0 Å². The van der Waals surface area contributed by atoms with Gasteiger partial charge in [-0.15, -0.1) is 0 Å². The van der Waals surface area contributed by atoms with Crippen molar-refractivity contribution in [1.29, 1.82) is 0 Å². The average molecular weight is 144 g/mol. The van der Waals surface area contributed by atoms with Gasteiger partial charge in [-0.2, -0.15) is 0 Å². The number of carbonyl (C=O) groups is 1. The van der Waals surface area contributed by atoms with Crippen LogP contribution in [0.25, 0.3) is 0 Å². The Morgan fingerprint density at radius 1 is 1.60 bits per heavy atom. The zero-order valence-electron chi connectivity index (χ0n) is 7.02. The first-order valence-electron chi connectivity index (χ1n) is 3.80. The summed E-state index contributed by atoms with van der Waals surface area (Å²) in [5.41, 5.74) is 0. The molecule has 0 rings (SSSR count). The molecule has 0 unspecified atom stereocenters. The first kappa shape index (κ1) is 9.47. The first-order chi connectivity index (χ1) is 4.66. The molecule has 0 amide bonds. The van der Waals surface area contributed by atoms with Gasteiger partial charge in [-0.25, -0.2) is 0 Å². The summed E-state index contributed by atoms with van der Waals surface area (Å²) >= 11 is 0. The predicted octanol–water partition coefficient (Wildman–Crippen LogP) is 1.99. The van der Waals surface area contributed by atoms with Crippen molar-refractivity contribution in [1.82, 2.24) is 0 Å². The second-order valence-electron chi connectivity index (χ2n) is 2.64. The van der Waals surface area contributed by atoms with Crippen LogP contribution in [-0.2, 0) is 9.53 Å². The zero-order chi connectivity index (χ0) is 7.98. The van der Waals surface area contributed by atoms with Crippen molar-refractivity contribution in [3.63, 3.8) is 0 Å². The molecule has 0 N–H and O–H groups in total. The van der Waals surface area contributed by atoms with Gasteiger partial charge in [0.15, 0.2) is 0 Å². The first-order valence-corrected chi connectivity index (χ1v) is 3.80. The van der Waals surface area contributed by atoms with Gasteiger partial charge in [0.2, 0.25) is 0 Å². The normalized spacial score (nSPS) is 12.7. The van der Waals surface area contributed by atoms with E-state index in [0.29, 0.717) is 12.5 Å². The molecule has 0 radical (unpaired) electrons. The Balaban J connectivity index is 3.11. The monoisotopic (exact) mass is 144 g/mol. The van der Waals surface area contributed by atoms with Crippen LogP contribution in [0.3, 0.4) is 0 Å². The molecule has 0 aromatic rings. The van der Waals surface area contributed by atoms with Crippen LogP contribution in [0.2, 0.25) is 0 Å². The molecule has 0 aliphatic heterocycles. The topological polar surface area (TPSA) is 26.3 Å². The van der Waals surface area contributed by atoms with Crippen molar-refractivity contribution < 1.29 is 9.53 Å². The summed E-state index contributed by atoms with van der Waals surface area (Å²) < 4.78 is 4.78. The minimum atomic E-state index is -0.177. The molecule has 1 atom stereocenters. The Labute approximate surface area is 62.6 Å². The van der Waals surface area contributed by atoms with Crippen LogP contribution in [0.4, 0.5) is 0 Å². The van der Waals surface area contributed by atoms with Crippen molar-refractivity contribution >= 4 is 5.97 Å². The molecule has 0 aliphatic rings. The summed E-state index contributed by atoms with van der Waals surface area (Å²) in [4.78, 5) is 10.3. The van der Waals surface area contributed by atoms with Crippen LogP contribution >= 0.6 is 0 Å². The Morgan fingerprint density at radius 3 is 2.60 bits per heavy atom. The van der Waals surface area contributed by atoms with Gasteiger partial charge in [-0.05, 0) is 12.3 Å². The molecular formula is C8H16O2. The third kappa shape index (κ3) is 5.60. The van der Waals surface area contributed by atoms with E-state index >= 15 is 0 Å². The van der Waals surface area contributed by atoms with Crippen LogP contribution < -0.4 is 0 Å². The maximum atomic E-state index is 10.3. The number of hydrogen-bond acceptors (Lipinski definition) is 2. The van der Waals surface area contributed by atoms with E-state index in [1.54, 1.807) is 0 Å². The number of ether oxygens (including phenoxy) is 1. The maximum absolute atomic E-state index is 10.3. The quantitative estimate of drug-likeness (QED) is 0.564. The van der Waals surface area contributed by atoms with E-state index in [4.69, 9.17) is 4.74 Å². The van der Waals surface area contributed by atoms with E-state index in [0.717, 1.165) is 12.8 Å². The van der Waals surface area contributed by atoms with Crippen LogP contribution in [0.1, 0.15) is 33.6 Å². The molecule has 0 bridgehead atoms. The lowest BCUT2D eigenvalue weighted by molar-refractivity contribution is -0.141. The van der Waals surface area contributed by atoms with Gasteiger partial charge in [0.05, 0.1) is 6.61 Å². The van der Waals surface area contributed by atoms with Crippen molar-refractivity contribution in [3.8, 4) is 0 Å². The van der Waals surface area contributed by atoms with E-state index in [9.17, 15) is 4.79 Å². The molecule has 0 aliphatic carbocycles. The molecule has 0 spiro atoms. The third-order valence-electron chi connectivity index (χ3n) is 1.61. The standard InChI is InChI=1S/C8H16O2/c1-4-7(2)5-6-10-8(3)9/h7H,4-6H2,1-3H3/t7-/m1/s1. The summed E-state index contributed by atoms with van der Waals surface area (Å²) in [5, 5.41) is 0. The maximum Gasteiger partial charge on any atom is 0.302 e. The van der Waals surface area contributed by atoms with Gasteiger partial charge in [0, 0.05) is 6.92 Å². The molecule has 0 heterocycles. The van der Waals surface area contributed by atoms with Crippen molar-refractivity contribution in [2.75, 3.05) is 6.61 Å². The van der Waals surface area contributed by atoms with Crippen molar-refractivity contribution in [2.24, 2.45) is 5.92 Å². The summed E-state index contributed by atoms with van der Waals surface area (Å²) in [7, 11) is 0. The second kappa shape index (κ2) is 5.27. The highest BCUT2D eigenvalue weighted by atomic mass is 16.5. The molecule has 2 nitrogen and oxygen atoms in total. The van der Waals surface area contributed by atoms with E-state index in [-0.39, 0.29) is 5.97 Å². The number of hydrogen-bond donors (Lipinski definition) is 0. The van der Waals surface area contributed by atoms with E-state index in [1.165, 1.54) is 6.92 Å². The minimum Gasteiger partial charge on any atom is -0.466 e. The molecule has 0 aromatic heterocycles. The molecule has 2 heteroatoms. The molecule has 60 valence electrons. The summed E-state index contributed by atoms with van der Waals surface area (Å²) in [6.07, 6.45) is 2.14. The molecule has 10 heavy (non-hydrogen) atoms. The second-order valence-corrected chi connectivity index (χ2v) is 2.64. The van der Waals surface area contributed by atoms with Crippen LogP contribution in [0.15, 0.2) is 0 Å². The van der Waals surface area contributed by atoms with Gasteiger partial charge in [-0.1, -0.05) is 20.3 Å². The van der Waals surface area contributed by atoms with Crippen molar-refractivity contribution in [2.45, 2.75) is 33.6 Å². The summed E-state index contributed by atoms with van der Waals surface area (Å²) in [6, 6.07) is 0. The Morgan fingerprint density at radius 2 is 2.20 bits per heavy atom. The van der Waals surface area contributed by atoms with Gasteiger partial charge >= 0.3 is 5.97 Å². The Bertz CT molecular complexity index is 99.4. The summed E-state index contributed by atoms with van der Waals surface area (Å²) in [5.74, 6) is 0.489. The fourth-order valence-electron chi connectivity index (χ4n) is 0.608. The Hall–Kier alpha value is -0.530. The molecule has 0 saturated carbocycles. The third-order valence-corrected chi connectivity index (χ3v) is 1.61. The van der Waals surface area contributed by atoms with E-state index < -0.39 is 0 Å². The average Bonchev–Trinajstić information content (AvgIpc) is 1.87. The van der Waals surface area contributed by atoms with Gasteiger partial charge in [-0.3, -0.25) is 4.79 Å². The Kier molecular flexibility index (Phi) is 4.99. The fraction of sp³-hybridized carbons (Fsp3) is 0.875. The predicted molar refractivity (Wildman–Crippen MR) is 40.7 cm³/mol. The lowest BCUT2D eigenvalue weighted by atomic mass is 10.1. The van der Waals surface area contributed by atoms with Gasteiger partial charge in [0.25, 0.3) is 0 Å². The lowest BCUT2D eigenvalue weighted by Crippen LogP contribution is -2.04. The van der Waals surface area contributed by atoms with Crippen molar-refractivity contribution in [3.05, 3.63) is 0 Å². The number of carbonyl (C=O) groups excluding carboxylic acids is 1.